The molecule has 0 aliphatic heterocycles. The van der Waals surface area contributed by atoms with Gasteiger partial charge >= 0.3 is 0 Å². The first-order valence-electron chi connectivity index (χ1n) is 5.62. The summed E-state index contributed by atoms with van der Waals surface area (Å²) in [6, 6.07) is 7.97. The van der Waals surface area contributed by atoms with Crippen molar-refractivity contribution < 1.29 is 0 Å². The molecule has 2 rings (SSSR count). The lowest BCUT2D eigenvalue weighted by molar-refractivity contribution is 1.30. The Morgan fingerprint density at radius 1 is 1.12 bits per heavy atom. The molecule has 0 radical (unpaired) electrons. The fourth-order valence-corrected chi connectivity index (χ4v) is 5.14. The number of aryl methyl sites for hydroxylation is 1. The zero-order valence-electron chi connectivity index (χ0n) is 10.5. The summed E-state index contributed by atoms with van der Waals surface area (Å²) < 4.78 is 1.47. The average molecular weight is 282 g/mol. The van der Waals surface area contributed by atoms with Gasteiger partial charge in [0.05, 0.1) is 18.8 Å². The fourth-order valence-electron chi connectivity index (χ4n) is 1.74. The molecule has 1 heterocycles. The highest BCUT2D eigenvalue weighted by atomic mass is 35.5. The predicted octanol–water partition coefficient (Wildman–Crippen LogP) is 4.32. The highest BCUT2D eigenvalue weighted by molar-refractivity contribution is 7.26. The molecule has 17 heavy (non-hydrogen) atoms. The van der Waals surface area contributed by atoms with Crippen LogP contribution in [0.4, 0.5) is 0 Å². The second kappa shape index (κ2) is 4.56. The first-order valence-corrected chi connectivity index (χ1v) is 10.3. The van der Waals surface area contributed by atoms with Gasteiger partial charge in [0.15, 0.2) is 0 Å². The SMILES string of the molecule is Cc1nc(-c2ccc(Cl)cc2)c([Si](C)(C)C)s1. The van der Waals surface area contributed by atoms with Crippen LogP contribution in [0.25, 0.3) is 11.3 Å². The summed E-state index contributed by atoms with van der Waals surface area (Å²) in [5.41, 5.74) is 2.33. The number of nitrogens with zero attached hydrogens (tertiary/aromatic N) is 1. The van der Waals surface area contributed by atoms with Crippen molar-refractivity contribution in [2.75, 3.05) is 0 Å². The third-order valence-corrected chi connectivity index (χ3v) is 7.31. The van der Waals surface area contributed by atoms with Crippen LogP contribution >= 0.6 is 22.9 Å². The minimum atomic E-state index is -1.33. The third-order valence-electron chi connectivity index (χ3n) is 2.53. The molecule has 0 aliphatic rings. The van der Waals surface area contributed by atoms with Crippen LogP contribution in [0.2, 0.25) is 24.7 Å². The van der Waals surface area contributed by atoms with Gasteiger partial charge in [-0.15, -0.1) is 11.3 Å². The fraction of sp³-hybridized carbons (Fsp3) is 0.308. The van der Waals surface area contributed by atoms with Crippen LogP contribution in [-0.4, -0.2) is 13.1 Å². The molecule has 90 valence electrons. The van der Waals surface area contributed by atoms with E-state index in [0.29, 0.717) is 0 Å². The number of benzene rings is 1. The molecule has 1 aromatic carbocycles. The van der Waals surface area contributed by atoms with Gasteiger partial charge in [-0.3, -0.25) is 0 Å². The van der Waals surface area contributed by atoms with E-state index in [1.807, 2.05) is 23.5 Å². The third kappa shape index (κ3) is 2.79. The maximum Gasteiger partial charge on any atom is 0.0933 e. The van der Waals surface area contributed by atoms with E-state index in [4.69, 9.17) is 11.6 Å². The maximum absolute atomic E-state index is 5.92. The Labute approximate surface area is 112 Å². The number of aromatic nitrogens is 1. The van der Waals surface area contributed by atoms with E-state index in [1.54, 1.807) is 0 Å². The van der Waals surface area contributed by atoms with Crippen molar-refractivity contribution >= 4 is 35.5 Å². The summed E-state index contributed by atoms with van der Waals surface area (Å²) >= 11 is 7.76. The minimum absolute atomic E-state index is 0.773. The Morgan fingerprint density at radius 3 is 2.24 bits per heavy atom. The second-order valence-corrected chi connectivity index (χ2v) is 12.2. The highest BCUT2D eigenvalue weighted by Gasteiger charge is 2.24. The molecule has 1 nitrogen and oxygen atoms in total. The van der Waals surface area contributed by atoms with Crippen molar-refractivity contribution in [3.8, 4) is 11.3 Å². The zero-order chi connectivity index (χ0) is 12.6. The van der Waals surface area contributed by atoms with Gasteiger partial charge in [0.25, 0.3) is 0 Å². The van der Waals surface area contributed by atoms with Crippen molar-refractivity contribution in [1.82, 2.24) is 4.98 Å². The number of hydrogen-bond acceptors (Lipinski definition) is 2. The van der Waals surface area contributed by atoms with Crippen molar-refractivity contribution in [2.45, 2.75) is 26.6 Å². The van der Waals surface area contributed by atoms with E-state index in [1.165, 1.54) is 10.1 Å². The van der Waals surface area contributed by atoms with Crippen LogP contribution in [0.15, 0.2) is 24.3 Å². The first kappa shape index (κ1) is 12.8. The standard InChI is InChI=1S/C13H16ClNSSi/c1-9-15-12(13(16-9)17(2,3)4)10-5-7-11(14)8-6-10/h5-8H,1-4H3. The van der Waals surface area contributed by atoms with Gasteiger partial charge in [-0.1, -0.05) is 43.4 Å². The summed E-state index contributed by atoms with van der Waals surface area (Å²) in [5.74, 6) is 0. The molecular weight excluding hydrogens is 266 g/mol. The van der Waals surface area contributed by atoms with Crippen molar-refractivity contribution in [2.24, 2.45) is 0 Å². The van der Waals surface area contributed by atoms with Crippen LogP contribution in [-0.2, 0) is 0 Å². The Bertz CT molecular complexity index is 525. The number of rotatable bonds is 2. The zero-order valence-corrected chi connectivity index (χ0v) is 13.1. The van der Waals surface area contributed by atoms with Crippen LogP contribution in [0, 0.1) is 6.92 Å². The number of halogens is 1. The Hall–Kier alpha value is -0.643. The Morgan fingerprint density at radius 2 is 1.71 bits per heavy atom. The normalized spacial score (nSPS) is 11.8. The molecule has 0 atom stereocenters. The predicted molar refractivity (Wildman–Crippen MR) is 80.3 cm³/mol. The van der Waals surface area contributed by atoms with Gasteiger partial charge in [0.1, 0.15) is 0 Å². The Kier molecular flexibility index (Phi) is 3.43. The van der Waals surface area contributed by atoms with Gasteiger partial charge in [-0.05, 0) is 19.1 Å². The van der Waals surface area contributed by atoms with E-state index >= 15 is 0 Å². The lowest BCUT2D eigenvalue weighted by atomic mass is 10.2. The molecule has 0 bridgehead atoms. The summed E-state index contributed by atoms with van der Waals surface area (Å²) in [6.07, 6.45) is 0. The molecule has 0 unspecified atom stereocenters. The smallest absolute Gasteiger partial charge is 0.0933 e. The molecule has 0 fully saturated rings. The maximum atomic E-state index is 5.92. The van der Waals surface area contributed by atoms with Gasteiger partial charge in [0.2, 0.25) is 0 Å². The molecule has 0 amide bonds. The van der Waals surface area contributed by atoms with Crippen molar-refractivity contribution in [1.29, 1.82) is 0 Å². The first-order chi connectivity index (χ1) is 7.88. The highest BCUT2D eigenvalue weighted by Crippen LogP contribution is 2.24. The molecular formula is C13H16ClNSSi. The van der Waals surface area contributed by atoms with Crippen LogP contribution in [0.1, 0.15) is 5.01 Å². The van der Waals surface area contributed by atoms with E-state index in [-0.39, 0.29) is 0 Å². The number of hydrogen-bond donors (Lipinski definition) is 0. The summed E-state index contributed by atoms with van der Waals surface area (Å²) in [5, 5.41) is 1.92. The van der Waals surface area contributed by atoms with Crippen molar-refractivity contribution in [3.05, 3.63) is 34.3 Å². The van der Waals surface area contributed by atoms with Crippen LogP contribution < -0.4 is 4.50 Å². The molecule has 2 aromatic rings. The van der Waals surface area contributed by atoms with Gasteiger partial charge in [-0.2, -0.15) is 0 Å². The molecule has 0 saturated carbocycles. The van der Waals surface area contributed by atoms with Gasteiger partial charge in [-0.25, -0.2) is 4.98 Å². The second-order valence-electron chi connectivity index (χ2n) is 5.17. The summed E-state index contributed by atoms with van der Waals surface area (Å²) in [6.45, 7) is 9.16. The van der Waals surface area contributed by atoms with Crippen molar-refractivity contribution in [3.63, 3.8) is 0 Å². The lowest BCUT2D eigenvalue weighted by Crippen LogP contribution is -2.36. The molecule has 1 aromatic heterocycles. The quantitative estimate of drug-likeness (QED) is 0.747. The Balaban J connectivity index is 2.55. The largest absolute Gasteiger partial charge is 0.242 e. The lowest BCUT2D eigenvalue weighted by Gasteiger charge is -2.15. The molecule has 0 N–H and O–H groups in total. The van der Waals surface area contributed by atoms with Crippen LogP contribution in [0.3, 0.4) is 0 Å². The van der Waals surface area contributed by atoms with Gasteiger partial charge < -0.3 is 0 Å². The number of thiazole rings is 1. The van der Waals surface area contributed by atoms with E-state index < -0.39 is 8.07 Å². The van der Waals surface area contributed by atoms with E-state index in [2.05, 4.69) is 43.7 Å². The molecule has 0 saturated heterocycles. The average Bonchev–Trinajstić information content (AvgIpc) is 2.61. The molecule has 0 aliphatic carbocycles. The van der Waals surface area contributed by atoms with E-state index in [0.717, 1.165) is 15.7 Å². The topological polar surface area (TPSA) is 12.9 Å². The van der Waals surface area contributed by atoms with Gasteiger partial charge in [0, 0.05) is 15.1 Å². The minimum Gasteiger partial charge on any atom is -0.242 e. The van der Waals surface area contributed by atoms with Crippen LogP contribution in [0.5, 0.6) is 0 Å². The summed E-state index contributed by atoms with van der Waals surface area (Å²) in [7, 11) is -1.33. The summed E-state index contributed by atoms with van der Waals surface area (Å²) in [4.78, 5) is 4.69. The molecule has 0 spiro atoms. The molecule has 4 heteroatoms. The monoisotopic (exact) mass is 281 g/mol. The van der Waals surface area contributed by atoms with E-state index in [9.17, 15) is 0 Å².